The van der Waals surface area contributed by atoms with Gasteiger partial charge in [0, 0.05) is 29.7 Å². The third kappa shape index (κ3) is 2.76. The van der Waals surface area contributed by atoms with Crippen LogP contribution in [-0.2, 0) is 0 Å². The standard InChI is InChI=1S/C14H15N2/c1-2-15-13-9-6-10-14(11-13)16-12-7-4-3-5-8-12/h3-7,9-11,15-16H,2H2,1H3. The maximum atomic E-state index is 3.31. The molecule has 0 aliphatic heterocycles. The van der Waals surface area contributed by atoms with Gasteiger partial charge in [0.2, 0.25) is 0 Å². The summed E-state index contributed by atoms with van der Waals surface area (Å²) >= 11 is 0. The fourth-order valence-electron chi connectivity index (χ4n) is 1.54. The molecule has 81 valence electrons. The lowest BCUT2D eigenvalue weighted by Crippen LogP contribution is -1.97. The highest BCUT2D eigenvalue weighted by atomic mass is 14.9. The number of hydrogen-bond donors (Lipinski definition) is 2. The van der Waals surface area contributed by atoms with E-state index in [1.54, 1.807) is 0 Å². The van der Waals surface area contributed by atoms with E-state index >= 15 is 0 Å². The zero-order valence-electron chi connectivity index (χ0n) is 9.33. The molecule has 2 rings (SSSR count). The Kier molecular flexibility index (Phi) is 3.44. The normalized spacial score (nSPS) is 9.81. The molecule has 2 nitrogen and oxygen atoms in total. The highest BCUT2D eigenvalue weighted by Crippen LogP contribution is 2.19. The van der Waals surface area contributed by atoms with E-state index in [4.69, 9.17) is 0 Å². The fraction of sp³-hybridized carbons (Fsp3) is 0.143. The molecule has 0 heterocycles. The van der Waals surface area contributed by atoms with Crippen molar-refractivity contribution >= 4 is 17.1 Å². The smallest absolute Gasteiger partial charge is 0.0464 e. The molecule has 0 atom stereocenters. The van der Waals surface area contributed by atoms with Gasteiger partial charge in [0.05, 0.1) is 0 Å². The number of para-hydroxylation sites is 1. The van der Waals surface area contributed by atoms with Crippen LogP contribution in [0.3, 0.4) is 0 Å². The van der Waals surface area contributed by atoms with Gasteiger partial charge in [-0.1, -0.05) is 24.3 Å². The number of anilines is 3. The fourth-order valence-corrected chi connectivity index (χ4v) is 1.54. The molecule has 2 heteroatoms. The Morgan fingerprint density at radius 2 is 1.94 bits per heavy atom. The van der Waals surface area contributed by atoms with E-state index in [-0.39, 0.29) is 0 Å². The van der Waals surface area contributed by atoms with Crippen molar-refractivity contribution in [2.45, 2.75) is 6.92 Å². The molecule has 1 radical (unpaired) electrons. The number of benzene rings is 2. The SMILES string of the molecule is CCNc1cccc(Nc2[c]cccc2)c1. The molecule has 2 N–H and O–H groups in total. The maximum absolute atomic E-state index is 3.31. The van der Waals surface area contributed by atoms with E-state index in [1.807, 2.05) is 36.4 Å². The molecule has 0 amide bonds. The minimum absolute atomic E-state index is 0.931. The topological polar surface area (TPSA) is 24.1 Å². The quantitative estimate of drug-likeness (QED) is 0.806. The molecule has 0 fully saturated rings. The molecule has 0 aromatic heterocycles. The lowest BCUT2D eigenvalue weighted by molar-refractivity contribution is 1.21. The van der Waals surface area contributed by atoms with E-state index in [1.165, 1.54) is 0 Å². The lowest BCUT2D eigenvalue weighted by atomic mass is 10.2. The molecule has 0 saturated heterocycles. The summed E-state index contributed by atoms with van der Waals surface area (Å²) in [5.74, 6) is 0. The molecule has 16 heavy (non-hydrogen) atoms. The second kappa shape index (κ2) is 5.21. The first-order chi connectivity index (χ1) is 7.88. The van der Waals surface area contributed by atoms with Crippen molar-refractivity contribution in [1.29, 1.82) is 0 Å². The van der Waals surface area contributed by atoms with E-state index in [0.29, 0.717) is 0 Å². The summed E-state index contributed by atoms with van der Waals surface area (Å²) in [6, 6.07) is 19.2. The number of rotatable bonds is 4. The predicted octanol–water partition coefficient (Wildman–Crippen LogP) is 3.66. The van der Waals surface area contributed by atoms with Gasteiger partial charge in [-0.05, 0) is 31.2 Å². The second-order valence-electron chi connectivity index (χ2n) is 3.51. The minimum Gasteiger partial charge on any atom is -0.385 e. The average molecular weight is 211 g/mol. The molecule has 0 unspecified atom stereocenters. The van der Waals surface area contributed by atoms with Gasteiger partial charge < -0.3 is 10.6 Å². The summed E-state index contributed by atoms with van der Waals surface area (Å²) in [4.78, 5) is 0. The van der Waals surface area contributed by atoms with Gasteiger partial charge in [-0.15, -0.1) is 0 Å². The van der Waals surface area contributed by atoms with Crippen LogP contribution in [0.4, 0.5) is 17.1 Å². The molecular formula is C14H15N2. The Bertz CT molecular complexity index is 437. The van der Waals surface area contributed by atoms with Crippen molar-refractivity contribution in [3.05, 3.63) is 54.6 Å². The van der Waals surface area contributed by atoms with Crippen molar-refractivity contribution in [3.8, 4) is 0 Å². The molecule has 0 spiro atoms. The summed E-state index contributed by atoms with van der Waals surface area (Å²) in [6.45, 7) is 3.02. The highest BCUT2D eigenvalue weighted by molar-refractivity contribution is 5.63. The zero-order chi connectivity index (χ0) is 11.2. The molecule has 0 aliphatic carbocycles. The van der Waals surface area contributed by atoms with Crippen molar-refractivity contribution < 1.29 is 0 Å². The molecule has 0 bridgehead atoms. The van der Waals surface area contributed by atoms with Crippen LogP contribution in [0.2, 0.25) is 0 Å². The van der Waals surface area contributed by atoms with Gasteiger partial charge in [0.25, 0.3) is 0 Å². The van der Waals surface area contributed by atoms with Gasteiger partial charge in [-0.2, -0.15) is 0 Å². The molecule has 0 aliphatic rings. The third-order valence-corrected chi connectivity index (χ3v) is 2.23. The summed E-state index contributed by atoms with van der Waals surface area (Å²) in [5, 5.41) is 6.59. The van der Waals surface area contributed by atoms with Crippen molar-refractivity contribution in [2.75, 3.05) is 17.2 Å². The largest absolute Gasteiger partial charge is 0.385 e. The van der Waals surface area contributed by atoms with Crippen LogP contribution in [0.5, 0.6) is 0 Å². The van der Waals surface area contributed by atoms with Crippen LogP contribution < -0.4 is 10.6 Å². The van der Waals surface area contributed by atoms with Gasteiger partial charge in [0.15, 0.2) is 0 Å². The van der Waals surface area contributed by atoms with Gasteiger partial charge in [0.1, 0.15) is 0 Å². The predicted molar refractivity (Wildman–Crippen MR) is 69.2 cm³/mol. The van der Waals surface area contributed by atoms with E-state index in [2.05, 4.69) is 35.8 Å². The van der Waals surface area contributed by atoms with Crippen LogP contribution in [0.25, 0.3) is 0 Å². The highest BCUT2D eigenvalue weighted by Gasteiger charge is 1.95. The Balaban J connectivity index is 2.12. The second-order valence-corrected chi connectivity index (χ2v) is 3.51. The van der Waals surface area contributed by atoms with Gasteiger partial charge >= 0.3 is 0 Å². The van der Waals surface area contributed by atoms with Crippen molar-refractivity contribution in [3.63, 3.8) is 0 Å². The first kappa shape index (κ1) is 10.6. The van der Waals surface area contributed by atoms with E-state index in [9.17, 15) is 0 Å². The first-order valence-corrected chi connectivity index (χ1v) is 5.46. The minimum atomic E-state index is 0.931. The average Bonchev–Trinajstić information content (AvgIpc) is 2.31. The van der Waals surface area contributed by atoms with Crippen molar-refractivity contribution in [1.82, 2.24) is 0 Å². The van der Waals surface area contributed by atoms with E-state index in [0.717, 1.165) is 23.6 Å². The number of nitrogens with one attached hydrogen (secondary N) is 2. The summed E-state index contributed by atoms with van der Waals surface area (Å²) < 4.78 is 0. The van der Waals surface area contributed by atoms with E-state index < -0.39 is 0 Å². The Hall–Kier alpha value is -1.96. The summed E-state index contributed by atoms with van der Waals surface area (Å²) in [6.07, 6.45) is 0. The molecule has 2 aromatic carbocycles. The summed E-state index contributed by atoms with van der Waals surface area (Å²) in [7, 11) is 0. The Morgan fingerprint density at radius 3 is 2.69 bits per heavy atom. The van der Waals surface area contributed by atoms with Crippen LogP contribution in [0, 0.1) is 6.07 Å². The molecular weight excluding hydrogens is 196 g/mol. The van der Waals surface area contributed by atoms with Crippen molar-refractivity contribution in [2.24, 2.45) is 0 Å². The van der Waals surface area contributed by atoms with Crippen LogP contribution in [-0.4, -0.2) is 6.54 Å². The van der Waals surface area contributed by atoms with Gasteiger partial charge in [-0.3, -0.25) is 0 Å². The third-order valence-electron chi connectivity index (χ3n) is 2.23. The Labute approximate surface area is 96.3 Å². The zero-order valence-corrected chi connectivity index (χ0v) is 9.33. The number of hydrogen-bond acceptors (Lipinski definition) is 2. The monoisotopic (exact) mass is 211 g/mol. The van der Waals surface area contributed by atoms with Gasteiger partial charge in [-0.25, -0.2) is 0 Å². The maximum Gasteiger partial charge on any atom is 0.0464 e. The van der Waals surface area contributed by atoms with Crippen LogP contribution in [0.1, 0.15) is 6.92 Å². The van der Waals surface area contributed by atoms with Crippen LogP contribution in [0.15, 0.2) is 48.5 Å². The summed E-state index contributed by atoms with van der Waals surface area (Å²) in [5.41, 5.74) is 3.18. The first-order valence-electron chi connectivity index (χ1n) is 5.46. The molecule has 2 aromatic rings. The lowest BCUT2D eigenvalue weighted by Gasteiger charge is -2.08. The Morgan fingerprint density at radius 1 is 1.06 bits per heavy atom. The molecule has 0 saturated carbocycles. The van der Waals surface area contributed by atoms with Crippen LogP contribution >= 0.6 is 0 Å².